The van der Waals surface area contributed by atoms with Gasteiger partial charge in [0, 0.05) is 17.6 Å². The van der Waals surface area contributed by atoms with Crippen LogP contribution in [0.5, 0.6) is 0 Å². The standard InChI is InChI=1S/C28H32BrN3O4S/c1-4-26(28(34)30-5-2)31(19-22-12-9-11-21(3)17-22)27(33)20-32(24-14-10-13-23(29)18-24)37(35,36)25-15-7-6-8-16-25/h6-18,26H,4-5,19-20H2,1-3H3,(H,30,34)/t26-/m0/s1. The molecule has 0 radical (unpaired) electrons. The number of hydrogen-bond donors (Lipinski definition) is 1. The highest BCUT2D eigenvalue weighted by molar-refractivity contribution is 9.10. The number of aryl methyl sites for hydroxylation is 1. The average Bonchev–Trinajstić information content (AvgIpc) is 2.87. The molecule has 2 amide bonds. The smallest absolute Gasteiger partial charge is 0.264 e. The summed E-state index contributed by atoms with van der Waals surface area (Å²) in [7, 11) is -4.08. The molecule has 1 N–H and O–H groups in total. The molecular weight excluding hydrogens is 554 g/mol. The van der Waals surface area contributed by atoms with Crippen LogP contribution in [-0.4, -0.2) is 44.3 Å². The SMILES string of the molecule is CCNC(=O)[C@H](CC)N(Cc1cccc(C)c1)C(=O)CN(c1cccc(Br)c1)S(=O)(=O)c1ccccc1. The van der Waals surface area contributed by atoms with Gasteiger partial charge in [-0.25, -0.2) is 8.42 Å². The quantitative estimate of drug-likeness (QED) is 0.347. The number of carbonyl (C=O) groups is 2. The highest BCUT2D eigenvalue weighted by Crippen LogP contribution is 2.27. The van der Waals surface area contributed by atoms with Crippen molar-refractivity contribution in [3.63, 3.8) is 0 Å². The molecule has 0 unspecified atom stereocenters. The number of carbonyl (C=O) groups excluding carboxylic acids is 2. The topological polar surface area (TPSA) is 86.8 Å². The maximum Gasteiger partial charge on any atom is 0.264 e. The zero-order valence-electron chi connectivity index (χ0n) is 21.2. The van der Waals surface area contributed by atoms with Gasteiger partial charge < -0.3 is 10.2 Å². The van der Waals surface area contributed by atoms with Crippen LogP contribution in [0.3, 0.4) is 0 Å². The van der Waals surface area contributed by atoms with E-state index in [4.69, 9.17) is 0 Å². The fourth-order valence-electron chi connectivity index (χ4n) is 4.10. The lowest BCUT2D eigenvalue weighted by atomic mass is 10.1. The molecular formula is C28H32BrN3O4S. The number of nitrogens with zero attached hydrogens (tertiary/aromatic N) is 2. The van der Waals surface area contributed by atoms with Crippen LogP contribution in [-0.2, 0) is 26.2 Å². The van der Waals surface area contributed by atoms with Gasteiger partial charge in [0.05, 0.1) is 10.6 Å². The largest absolute Gasteiger partial charge is 0.355 e. The van der Waals surface area contributed by atoms with Crippen LogP contribution in [0.25, 0.3) is 0 Å². The van der Waals surface area contributed by atoms with Gasteiger partial charge >= 0.3 is 0 Å². The van der Waals surface area contributed by atoms with E-state index in [0.29, 0.717) is 23.1 Å². The lowest BCUT2D eigenvalue weighted by Gasteiger charge is -2.33. The van der Waals surface area contributed by atoms with Crippen LogP contribution in [0.1, 0.15) is 31.4 Å². The summed E-state index contributed by atoms with van der Waals surface area (Å²) in [4.78, 5) is 28.4. The van der Waals surface area contributed by atoms with E-state index in [2.05, 4.69) is 21.2 Å². The molecule has 0 aliphatic heterocycles. The van der Waals surface area contributed by atoms with E-state index < -0.39 is 28.5 Å². The van der Waals surface area contributed by atoms with Crippen molar-refractivity contribution in [3.05, 3.63) is 94.5 Å². The Kier molecular flexibility index (Phi) is 9.88. The molecule has 3 rings (SSSR count). The summed E-state index contributed by atoms with van der Waals surface area (Å²) in [5.41, 5.74) is 2.22. The second-order valence-corrected chi connectivity index (χ2v) is 11.4. The molecule has 0 saturated carbocycles. The number of hydrogen-bond acceptors (Lipinski definition) is 4. The summed E-state index contributed by atoms with van der Waals surface area (Å²) in [6.07, 6.45) is 0.381. The first-order valence-corrected chi connectivity index (χ1v) is 14.4. The van der Waals surface area contributed by atoms with E-state index in [1.54, 1.807) is 42.5 Å². The third kappa shape index (κ3) is 7.20. The first kappa shape index (κ1) is 28.4. The minimum absolute atomic E-state index is 0.0729. The van der Waals surface area contributed by atoms with E-state index in [1.165, 1.54) is 17.0 Å². The molecule has 0 aromatic heterocycles. The lowest BCUT2D eigenvalue weighted by molar-refractivity contribution is -0.140. The number of benzene rings is 3. The summed E-state index contributed by atoms with van der Waals surface area (Å²) in [5.74, 6) is -0.745. The molecule has 0 aliphatic rings. The summed E-state index contributed by atoms with van der Waals surface area (Å²) in [6, 6.07) is 21.7. The molecule has 196 valence electrons. The predicted molar refractivity (Wildman–Crippen MR) is 150 cm³/mol. The maximum atomic E-state index is 13.9. The maximum absolute atomic E-state index is 13.9. The molecule has 0 bridgehead atoms. The fourth-order valence-corrected chi connectivity index (χ4v) is 5.91. The Hall–Kier alpha value is -3.17. The van der Waals surface area contributed by atoms with E-state index in [0.717, 1.165) is 15.4 Å². The monoisotopic (exact) mass is 585 g/mol. The van der Waals surface area contributed by atoms with Gasteiger partial charge in [0.2, 0.25) is 11.8 Å². The molecule has 3 aromatic carbocycles. The van der Waals surface area contributed by atoms with Crippen LogP contribution in [0.4, 0.5) is 5.69 Å². The summed E-state index contributed by atoms with van der Waals surface area (Å²) >= 11 is 3.40. The van der Waals surface area contributed by atoms with E-state index in [1.807, 2.05) is 45.0 Å². The molecule has 0 aliphatic carbocycles. The zero-order valence-corrected chi connectivity index (χ0v) is 23.6. The van der Waals surface area contributed by atoms with Gasteiger partial charge in [0.15, 0.2) is 0 Å². The Morgan fingerprint density at radius 2 is 1.65 bits per heavy atom. The lowest BCUT2D eigenvalue weighted by Crippen LogP contribution is -2.52. The van der Waals surface area contributed by atoms with Crippen molar-refractivity contribution in [1.82, 2.24) is 10.2 Å². The van der Waals surface area contributed by atoms with E-state index in [9.17, 15) is 18.0 Å². The van der Waals surface area contributed by atoms with Crippen molar-refractivity contribution >= 4 is 43.5 Å². The predicted octanol–water partition coefficient (Wildman–Crippen LogP) is 4.90. The molecule has 37 heavy (non-hydrogen) atoms. The number of nitrogens with one attached hydrogen (secondary N) is 1. The van der Waals surface area contributed by atoms with E-state index in [-0.39, 0.29) is 17.3 Å². The van der Waals surface area contributed by atoms with Crippen LogP contribution in [0.15, 0.2) is 88.2 Å². The highest BCUT2D eigenvalue weighted by atomic mass is 79.9. The van der Waals surface area contributed by atoms with E-state index >= 15 is 0 Å². The van der Waals surface area contributed by atoms with Gasteiger partial charge in [-0.05, 0) is 56.2 Å². The fraction of sp³-hybridized carbons (Fsp3) is 0.286. The Morgan fingerprint density at radius 3 is 2.27 bits per heavy atom. The molecule has 1 atom stereocenters. The van der Waals surface area contributed by atoms with Crippen LogP contribution in [0, 0.1) is 6.92 Å². The van der Waals surface area contributed by atoms with Gasteiger partial charge in [-0.15, -0.1) is 0 Å². The first-order valence-electron chi connectivity index (χ1n) is 12.1. The minimum atomic E-state index is -4.08. The first-order chi connectivity index (χ1) is 17.7. The van der Waals surface area contributed by atoms with Crippen LogP contribution in [0.2, 0.25) is 0 Å². The Morgan fingerprint density at radius 1 is 0.946 bits per heavy atom. The van der Waals surface area contributed by atoms with Crippen LogP contribution < -0.4 is 9.62 Å². The van der Waals surface area contributed by atoms with Crippen molar-refractivity contribution in [3.8, 4) is 0 Å². The second-order valence-electron chi connectivity index (χ2n) is 8.63. The van der Waals surface area contributed by atoms with Gasteiger partial charge in [-0.2, -0.15) is 0 Å². The number of likely N-dealkylation sites (N-methyl/N-ethyl adjacent to an activating group) is 1. The molecule has 0 saturated heterocycles. The molecule has 0 fully saturated rings. The van der Waals surface area contributed by atoms with Gasteiger partial charge in [0.1, 0.15) is 12.6 Å². The normalized spacial score (nSPS) is 12.0. The van der Waals surface area contributed by atoms with Crippen LogP contribution >= 0.6 is 15.9 Å². The highest BCUT2D eigenvalue weighted by Gasteiger charge is 2.33. The molecule has 0 spiro atoms. The van der Waals surface area contributed by atoms with Gasteiger partial charge in [-0.3, -0.25) is 13.9 Å². The molecule has 9 heteroatoms. The third-order valence-electron chi connectivity index (χ3n) is 5.88. The number of sulfonamides is 1. The van der Waals surface area contributed by atoms with Crippen molar-refractivity contribution in [2.75, 3.05) is 17.4 Å². The van der Waals surface area contributed by atoms with Gasteiger partial charge in [-0.1, -0.05) is 76.9 Å². The molecule has 0 heterocycles. The van der Waals surface area contributed by atoms with Gasteiger partial charge in [0.25, 0.3) is 10.0 Å². The summed E-state index contributed by atoms with van der Waals surface area (Å²) < 4.78 is 29.3. The minimum Gasteiger partial charge on any atom is -0.355 e. The summed E-state index contributed by atoms with van der Waals surface area (Å²) in [6.45, 7) is 5.75. The molecule has 3 aromatic rings. The number of halogens is 1. The van der Waals surface area contributed by atoms with Crippen molar-refractivity contribution < 1.29 is 18.0 Å². The Balaban J connectivity index is 2.05. The Labute approximate surface area is 227 Å². The third-order valence-corrected chi connectivity index (χ3v) is 8.16. The average molecular weight is 587 g/mol. The summed E-state index contributed by atoms with van der Waals surface area (Å²) in [5, 5.41) is 2.81. The molecule has 7 nitrogen and oxygen atoms in total. The van der Waals surface area contributed by atoms with Crippen molar-refractivity contribution in [1.29, 1.82) is 0 Å². The Bertz CT molecular complexity index is 1330. The zero-order chi connectivity index (χ0) is 27.0. The number of amides is 2. The second kappa shape index (κ2) is 12.9. The van der Waals surface area contributed by atoms with Crippen molar-refractivity contribution in [2.24, 2.45) is 0 Å². The van der Waals surface area contributed by atoms with Crippen molar-refractivity contribution in [2.45, 2.75) is 44.7 Å². The number of rotatable bonds is 11. The number of anilines is 1.